The lowest BCUT2D eigenvalue weighted by molar-refractivity contribution is -0.0495. The first-order chi connectivity index (χ1) is 12.8. The number of fused-ring (bicyclic) bond motifs is 1. The lowest BCUT2D eigenvalue weighted by Crippen LogP contribution is -2.42. The maximum absolute atomic E-state index is 13.3. The molecular formula is C18H17F2N3O4. The number of aromatic amines is 1. The molecule has 1 amide bonds. The number of carboxylic acids is 1. The van der Waals surface area contributed by atoms with Crippen LogP contribution in [-0.2, 0) is 0 Å². The van der Waals surface area contributed by atoms with Crippen molar-refractivity contribution in [2.45, 2.75) is 18.8 Å². The van der Waals surface area contributed by atoms with Crippen LogP contribution in [0.4, 0.5) is 20.3 Å². The molecule has 0 atom stereocenters. The lowest BCUT2D eigenvalue weighted by Gasteiger charge is -2.31. The van der Waals surface area contributed by atoms with Crippen LogP contribution < -0.4 is 9.64 Å². The van der Waals surface area contributed by atoms with E-state index in [1.807, 2.05) is 0 Å². The van der Waals surface area contributed by atoms with Gasteiger partial charge in [-0.15, -0.1) is 0 Å². The van der Waals surface area contributed by atoms with Crippen molar-refractivity contribution in [1.82, 2.24) is 9.88 Å². The Hall–Kier alpha value is -3.10. The van der Waals surface area contributed by atoms with Crippen molar-refractivity contribution in [3.8, 4) is 5.75 Å². The molecule has 27 heavy (non-hydrogen) atoms. The molecule has 7 nitrogen and oxygen atoms in total. The highest BCUT2D eigenvalue weighted by atomic mass is 19.3. The van der Waals surface area contributed by atoms with Crippen molar-refractivity contribution in [2.24, 2.45) is 0 Å². The smallest absolute Gasteiger partial charge is 0.335 e. The minimum Gasteiger partial charge on any atom is -0.478 e. The molecule has 2 N–H and O–H groups in total. The van der Waals surface area contributed by atoms with Crippen molar-refractivity contribution in [3.05, 3.63) is 41.6 Å². The number of anilines is 2. The van der Waals surface area contributed by atoms with Crippen LogP contribution >= 0.6 is 0 Å². The van der Waals surface area contributed by atoms with E-state index >= 15 is 0 Å². The second kappa shape index (κ2) is 6.26. The van der Waals surface area contributed by atoms with E-state index in [0.29, 0.717) is 17.3 Å². The number of aromatic nitrogens is 1. The minimum absolute atomic E-state index is 0.0107. The summed E-state index contributed by atoms with van der Waals surface area (Å²) >= 11 is 0. The Morgan fingerprint density at radius 1 is 1.15 bits per heavy atom. The predicted octanol–water partition coefficient (Wildman–Crippen LogP) is 3.07. The second-order valence-corrected chi connectivity index (χ2v) is 6.60. The number of carboxylic acid groups (broad SMARTS) is 1. The van der Waals surface area contributed by atoms with Crippen molar-refractivity contribution in [3.63, 3.8) is 0 Å². The van der Waals surface area contributed by atoms with Crippen LogP contribution in [0.3, 0.4) is 0 Å². The largest absolute Gasteiger partial charge is 0.478 e. The molecule has 0 spiro atoms. The Kier molecular flexibility index (Phi) is 4.01. The molecule has 0 saturated carbocycles. The summed E-state index contributed by atoms with van der Waals surface area (Å²) < 4.78 is 32.1. The zero-order chi connectivity index (χ0) is 19.2. The third-order valence-electron chi connectivity index (χ3n) is 4.82. The number of rotatable bonds is 3. The van der Waals surface area contributed by atoms with Gasteiger partial charge in [-0.2, -0.15) is 0 Å². The number of carbonyl (C=O) groups excluding carboxylic acids is 1. The number of benzene rings is 1. The fourth-order valence-corrected chi connectivity index (χ4v) is 3.24. The number of ether oxygens (including phenoxy) is 1. The Morgan fingerprint density at radius 3 is 2.44 bits per heavy atom. The van der Waals surface area contributed by atoms with Crippen LogP contribution in [0.1, 0.15) is 33.7 Å². The monoisotopic (exact) mass is 377 g/mol. The number of carbonyl (C=O) groups is 2. The fraction of sp³-hybridized carbons (Fsp3) is 0.333. The molecule has 9 heteroatoms. The van der Waals surface area contributed by atoms with Gasteiger partial charge in [-0.3, -0.25) is 9.69 Å². The fourth-order valence-electron chi connectivity index (χ4n) is 3.24. The third kappa shape index (κ3) is 3.20. The van der Waals surface area contributed by atoms with Gasteiger partial charge in [0.25, 0.3) is 11.8 Å². The van der Waals surface area contributed by atoms with E-state index in [2.05, 4.69) is 4.98 Å². The summed E-state index contributed by atoms with van der Waals surface area (Å²) in [6.45, 7) is 0.242. The number of likely N-dealkylation sites (tertiary alicyclic amines) is 1. The quantitative estimate of drug-likeness (QED) is 0.859. The first-order valence-electron chi connectivity index (χ1n) is 8.48. The molecule has 1 aromatic carbocycles. The molecular weight excluding hydrogens is 360 g/mol. The highest BCUT2D eigenvalue weighted by Gasteiger charge is 2.37. The number of nitrogens with one attached hydrogen (secondary N) is 1. The highest BCUT2D eigenvalue weighted by molar-refractivity contribution is 5.95. The molecule has 3 heterocycles. The van der Waals surface area contributed by atoms with Crippen molar-refractivity contribution < 1.29 is 28.2 Å². The van der Waals surface area contributed by atoms with E-state index in [-0.39, 0.29) is 49.8 Å². The van der Waals surface area contributed by atoms with Gasteiger partial charge >= 0.3 is 5.97 Å². The zero-order valence-electron chi connectivity index (χ0n) is 14.2. The molecule has 2 aliphatic rings. The molecule has 4 rings (SSSR count). The molecule has 0 aliphatic carbocycles. The zero-order valence-corrected chi connectivity index (χ0v) is 14.2. The molecule has 0 unspecified atom stereocenters. The van der Waals surface area contributed by atoms with Crippen LogP contribution in [0.15, 0.2) is 30.3 Å². The summed E-state index contributed by atoms with van der Waals surface area (Å²) in [7, 11) is 0. The summed E-state index contributed by atoms with van der Waals surface area (Å²) in [5.41, 5.74) is 1.15. The predicted molar refractivity (Wildman–Crippen MR) is 91.9 cm³/mol. The van der Waals surface area contributed by atoms with Gasteiger partial charge in [0, 0.05) is 37.7 Å². The number of hydrogen-bond donors (Lipinski definition) is 2. The average molecular weight is 377 g/mol. The standard InChI is InChI=1S/C18H17F2N3O4/c19-18(20)5-7-22(8-6-18)16(24)13-9-14-15(21-13)23(10-27-14)12-3-1-11(2-4-12)17(25)26/h1-4,9,21H,5-8,10H2,(H,25,26). The van der Waals surface area contributed by atoms with Crippen molar-refractivity contribution in [2.75, 3.05) is 24.7 Å². The van der Waals surface area contributed by atoms with Crippen molar-refractivity contribution in [1.29, 1.82) is 0 Å². The van der Waals surface area contributed by atoms with Gasteiger partial charge in [-0.05, 0) is 24.3 Å². The van der Waals surface area contributed by atoms with E-state index in [4.69, 9.17) is 9.84 Å². The van der Waals surface area contributed by atoms with E-state index in [1.165, 1.54) is 17.0 Å². The summed E-state index contributed by atoms with van der Waals surface area (Å²) in [4.78, 5) is 29.7. The maximum atomic E-state index is 13.3. The topological polar surface area (TPSA) is 85.9 Å². The van der Waals surface area contributed by atoms with Gasteiger partial charge in [0.05, 0.1) is 5.56 Å². The van der Waals surface area contributed by atoms with Crippen LogP contribution in [0.5, 0.6) is 5.75 Å². The number of hydrogen-bond acceptors (Lipinski definition) is 4. The summed E-state index contributed by atoms with van der Waals surface area (Å²) in [6, 6.07) is 7.83. The van der Waals surface area contributed by atoms with Gasteiger partial charge < -0.3 is 19.7 Å². The minimum atomic E-state index is -2.71. The van der Waals surface area contributed by atoms with Crippen molar-refractivity contribution >= 4 is 23.4 Å². The number of amides is 1. The van der Waals surface area contributed by atoms with E-state index in [0.717, 1.165) is 0 Å². The highest BCUT2D eigenvalue weighted by Crippen LogP contribution is 2.39. The number of aromatic carboxylic acids is 1. The average Bonchev–Trinajstić information content (AvgIpc) is 3.22. The summed E-state index contributed by atoms with van der Waals surface area (Å²) in [5, 5.41) is 8.99. The second-order valence-electron chi connectivity index (χ2n) is 6.60. The SMILES string of the molecule is O=C(O)c1ccc(N2COc3cc(C(=O)N4CCC(F)(F)CC4)[nH]c32)cc1. The van der Waals surface area contributed by atoms with E-state index in [9.17, 15) is 18.4 Å². The lowest BCUT2D eigenvalue weighted by atomic mass is 10.1. The summed E-state index contributed by atoms with van der Waals surface area (Å²) in [6.07, 6.45) is -0.671. The first kappa shape index (κ1) is 17.3. The Labute approximate surface area is 153 Å². The molecule has 1 fully saturated rings. The number of H-pyrrole nitrogens is 1. The van der Waals surface area contributed by atoms with E-state index < -0.39 is 11.9 Å². The Morgan fingerprint density at radius 2 is 1.81 bits per heavy atom. The Bertz CT molecular complexity index is 885. The molecule has 0 radical (unpaired) electrons. The normalized spacial score (nSPS) is 18.1. The molecule has 2 aromatic rings. The number of piperidine rings is 1. The third-order valence-corrected chi connectivity index (χ3v) is 4.82. The van der Waals surface area contributed by atoms with Crippen LogP contribution in [0, 0.1) is 0 Å². The molecule has 1 aromatic heterocycles. The number of alkyl halides is 2. The van der Waals surface area contributed by atoms with Gasteiger partial charge in [0.1, 0.15) is 5.69 Å². The first-order valence-corrected chi connectivity index (χ1v) is 8.48. The van der Waals surface area contributed by atoms with E-state index in [1.54, 1.807) is 23.1 Å². The number of halogens is 2. The van der Waals surface area contributed by atoms with Crippen LogP contribution in [0.2, 0.25) is 0 Å². The van der Waals surface area contributed by atoms with Gasteiger partial charge in [-0.25, -0.2) is 13.6 Å². The maximum Gasteiger partial charge on any atom is 0.335 e. The molecule has 1 saturated heterocycles. The number of nitrogens with zero attached hydrogens (tertiary/aromatic N) is 2. The summed E-state index contributed by atoms with van der Waals surface area (Å²) in [5.74, 6) is -3.01. The molecule has 2 aliphatic heterocycles. The molecule has 142 valence electrons. The van der Waals surface area contributed by atoms with Gasteiger partial charge in [0.15, 0.2) is 18.3 Å². The van der Waals surface area contributed by atoms with Gasteiger partial charge in [-0.1, -0.05) is 0 Å². The van der Waals surface area contributed by atoms with Crippen LogP contribution in [-0.4, -0.2) is 52.6 Å². The van der Waals surface area contributed by atoms with Gasteiger partial charge in [0.2, 0.25) is 0 Å². The Balaban J connectivity index is 1.53. The molecule has 0 bridgehead atoms. The van der Waals surface area contributed by atoms with Crippen LogP contribution in [0.25, 0.3) is 0 Å².